The van der Waals surface area contributed by atoms with Gasteiger partial charge in [0.2, 0.25) is 0 Å². The van der Waals surface area contributed by atoms with E-state index in [0.29, 0.717) is 10.4 Å². The number of nitriles is 2. The zero-order valence-electron chi connectivity index (χ0n) is 11.1. The molecule has 0 aliphatic heterocycles. The highest BCUT2D eigenvalue weighted by atomic mass is 32.2. The lowest BCUT2D eigenvalue weighted by molar-refractivity contribution is 0.468. The quantitative estimate of drug-likeness (QED) is 0.866. The Morgan fingerprint density at radius 1 is 1.19 bits per heavy atom. The van der Waals surface area contributed by atoms with Crippen molar-refractivity contribution >= 4 is 21.4 Å². The third-order valence-corrected chi connectivity index (χ3v) is 6.08. The SMILES string of the molecule is CN(Cc1cccc(C#N)c1)S(=O)(=O)c1ccc(C#N)s1. The number of nitrogens with zero attached hydrogens (tertiary/aromatic N) is 3. The molecular formula is C14H11N3O2S2. The van der Waals surface area contributed by atoms with Crippen molar-refractivity contribution in [1.29, 1.82) is 10.5 Å². The summed E-state index contributed by atoms with van der Waals surface area (Å²) in [5.74, 6) is 0. The van der Waals surface area contributed by atoms with Crippen molar-refractivity contribution in [2.45, 2.75) is 10.8 Å². The maximum absolute atomic E-state index is 12.4. The second kappa shape index (κ2) is 6.06. The fourth-order valence-corrected chi connectivity index (χ4v) is 4.23. The lowest BCUT2D eigenvalue weighted by atomic mass is 10.1. The first-order valence-corrected chi connectivity index (χ1v) is 8.18. The summed E-state index contributed by atoms with van der Waals surface area (Å²) in [5.41, 5.74) is 1.22. The fraction of sp³-hybridized carbons (Fsp3) is 0.143. The van der Waals surface area contributed by atoms with Crippen molar-refractivity contribution in [3.05, 3.63) is 52.4 Å². The third-order valence-electron chi connectivity index (χ3n) is 2.82. The van der Waals surface area contributed by atoms with Gasteiger partial charge in [0, 0.05) is 13.6 Å². The average Bonchev–Trinajstić information content (AvgIpc) is 2.97. The normalized spacial score (nSPS) is 11.0. The van der Waals surface area contributed by atoms with Gasteiger partial charge >= 0.3 is 0 Å². The molecule has 0 N–H and O–H groups in total. The molecular weight excluding hydrogens is 306 g/mol. The van der Waals surface area contributed by atoms with Crippen LogP contribution in [-0.2, 0) is 16.6 Å². The molecule has 0 saturated carbocycles. The van der Waals surface area contributed by atoms with Gasteiger partial charge in [0.05, 0.1) is 11.6 Å². The van der Waals surface area contributed by atoms with E-state index in [1.54, 1.807) is 24.3 Å². The number of sulfonamides is 1. The Balaban J connectivity index is 2.24. The predicted octanol–water partition coefficient (Wildman–Crippen LogP) is 2.31. The molecule has 0 bridgehead atoms. The Labute approximate surface area is 127 Å². The Morgan fingerprint density at radius 3 is 2.57 bits per heavy atom. The Hall–Kier alpha value is -2.19. The molecule has 0 spiro atoms. The van der Waals surface area contributed by atoms with Crippen LogP contribution in [0.4, 0.5) is 0 Å². The van der Waals surface area contributed by atoms with Crippen LogP contribution in [0, 0.1) is 22.7 Å². The molecule has 106 valence electrons. The van der Waals surface area contributed by atoms with Gasteiger partial charge in [0.25, 0.3) is 10.0 Å². The highest BCUT2D eigenvalue weighted by Gasteiger charge is 2.23. The smallest absolute Gasteiger partial charge is 0.206 e. The predicted molar refractivity (Wildman–Crippen MR) is 78.8 cm³/mol. The first-order chi connectivity index (χ1) is 9.97. The molecule has 0 atom stereocenters. The van der Waals surface area contributed by atoms with E-state index < -0.39 is 10.0 Å². The number of thiophene rings is 1. The van der Waals surface area contributed by atoms with E-state index in [4.69, 9.17) is 10.5 Å². The van der Waals surface area contributed by atoms with E-state index in [-0.39, 0.29) is 10.8 Å². The summed E-state index contributed by atoms with van der Waals surface area (Å²) in [6.07, 6.45) is 0. The molecule has 2 rings (SSSR count). The summed E-state index contributed by atoms with van der Waals surface area (Å²) in [6.45, 7) is 0.164. The van der Waals surface area contributed by atoms with Crippen molar-refractivity contribution in [3.8, 4) is 12.1 Å². The molecule has 21 heavy (non-hydrogen) atoms. The van der Waals surface area contributed by atoms with Crippen molar-refractivity contribution in [2.75, 3.05) is 7.05 Å². The molecule has 1 aromatic carbocycles. The van der Waals surface area contributed by atoms with Gasteiger partial charge in [-0.25, -0.2) is 8.42 Å². The topological polar surface area (TPSA) is 85.0 Å². The monoisotopic (exact) mass is 317 g/mol. The van der Waals surface area contributed by atoms with Gasteiger partial charge in [-0.3, -0.25) is 0 Å². The van der Waals surface area contributed by atoms with Crippen LogP contribution in [0.3, 0.4) is 0 Å². The third kappa shape index (κ3) is 3.29. The largest absolute Gasteiger partial charge is 0.252 e. The van der Waals surface area contributed by atoms with E-state index in [9.17, 15) is 8.42 Å². The van der Waals surface area contributed by atoms with Crippen molar-refractivity contribution in [1.82, 2.24) is 4.31 Å². The molecule has 0 saturated heterocycles. The Morgan fingerprint density at radius 2 is 1.95 bits per heavy atom. The van der Waals surface area contributed by atoms with Gasteiger partial charge in [-0.05, 0) is 29.8 Å². The molecule has 7 heteroatoms. The van der Waals surface area contributed by atoms with E-state index in [1.165, 1.54) is 23.5 Å². The second-order valence-corrected chi connectivity index (χ2v) is 7.66. The van der Waals surface area contributed by atoms with Crippen LogP contribution < -0.4 is 0 Å². The van der Waals surface area contributed by atoms with Crippen molar-refractivity contribution < 1.29 is 8.42 Å². The molecule has 0 radical (unpaired) electrons. The highest BCUT2D eigenvalue weighted by Crippen LogP contribution is 2.24. The first kappa shape index (κ1) is 15.2. The van der Waals surface area contributed by atoms with Gasteiger partial charge in [-0.2, -0.15) is 14.8 Å². The van der Waals surface area contributed by atoms with Crippen LogP contribution >= 0.6 is 11.3 Å². The van der Waals surface area contributed by atoms with Gasteiger partial charge in [0.15, 0.2) is 0 Å². The summed E-state index contributed by atoms with van der Waals surface area (Å²) in [5, 5.41) is 17.6. The standard InChI is InChI=1S/C14H11N3O2S2/c1-17(10-12-4-2-3-11(7-12)8-15)21(18,19)14-6-5-13(9-16)20-14/h2-7H,10H2,1H3. The van der Waals surface area contributed by atoms with Crippen LogP contribution in [0.2, 0.25) is 0 Å². The summed E-state index contributed by atoms with van der Waals surface area (Å²) in [7, 11) is -2.16. The second-order valence-electron chi connectivity index (χ2n) is 4.30. The number of rotatable bonds is 4. The summed E-state index contributed by atoms with van der Waals surface area (Å²) >= 11 is 0.943. The van der Waals surface area contributed by atoms with Crippen molar-refractivity contribution in [2.24, 2.45) is 0 Å². The lowest BCUT2D eigenvalue weighted by Gasteiger charge is -2.16. The zero-order valence-corrected chi connectivity index (χ0v) is 12.8. The molecule has 5 nitrogen and oxygen atoms in total. The molecule has 1 heterocycles. The highest BCUT2D eigenvalue weighted by molar-refractivity contribution is 7.91. The summed E-state index contributed by atoms with van der Waals surface area (Å²) in [4.78, 5) is 0.355. The fourth-order valence-electron chi connectivity index (χ4n) is 1.75. The molecule has 0 fully saturated rings. The van der Waals surface area contributed by atoms with E-state index in [1.807, 2.05) is 12.1 Å². The van der Waals surface area contributed by atoms with Crippen LogP contribution in [0.1, 0.15) is 16.0 Å². The molecule has 0 amide bonds. The molecule has 0 unspecified atom stereocenters. The maximum atomic E-state index is 12.4. The number of hydrogen-bond donors (Lipinski definition) is 0. The summed E-state index contributed by atoms with van der Waals surface area (Å²) in [6, 6.07) is 13.7. The van der Waals surface area contributed by atoms with E-state index in [2.05, 4.69) is 0 Å². The first-order valence-electron chi connectivity index (χ1n) is 5.92. The van der Waals surface area contributed by atoms with Gasteiger partial charge in [0.1, 0.15) is 15.2 Å². The van der Waals surface area contributed by atoms with Crippen LogP contribution in [0.5, 0.6) is 0 Å². The maximum Gasteiger partial charge on any atom is 0.252 e. The van der Waals surface area contributed by atoms with Crippen LogP contribution in [0.25, 0.3) is 0 Å². The molecule has 1 aromatic heterocycles. The summed E-state index contributed by atoms with van der Waals surface area (Å²) < 4.78 is 26.1. The van der Waals surface area contributed by atoms with E-state index >= 15 is 0 Å². The minimum absolute atomic E-state index is 0.137. The lowest BCUT2D eigenvalue weighted by Crippen LogP contribution is -2.25. The zero-order chi connectivity index (χ0) is 15.5. The van der Waals surface area contributed by atoms with Crippen LogP contribution in [-0.4, -0.2) is 19.8 Å². The number of benzene rings is 1. The van der Waals surface area contributed by atoms with Gasteiger partial charge < -0.3 is 0 Å². The molecule has 2 aromatic rings. The molecule has 0 aliphatic carbocycles. The van der Waals surface area contributed by atoms with Gasteiger partial charge in [-0.15, -0.1) is 11.3 Å². The van der Waals surface area contributed by atoms with E-state index in [0.717, 1.165) is 16.9 Å². The van der Waals surface area contributed by atoms with Gasteiger partial charge in [-0.1, -0.05) is 12.1 Å². The average molecular weight is 317 g/mol. The minimum atomic E-state index is -3.63. The Bertz CT molecular complexity index is 842. The molecule has 0 aliphatic rings. The Kier molecular flexibility index (Phi) is 4.39. The van der Waals surface area contributed by atoms with Crippen LogP contribution in [0.15, 0.2) is 40.6 Å². The number of hydrogen-bond acceptors (Lipinski definition) is 5. The minimum Gasteiger partial charge on any atom is -0.206 e. The van der Waals surface area contributed by atoms with Crippen molar-refractivity contribution in [3.63, 3.8) is 0 Å².